The van der Waals surface area contributed by atoms with Gasteiger partial charge in [0.05, 0.1) is 29.4 Å². The van der Waals surface area contributed by atoms with Crippen molar-refractivity contribution in [3.8, 4) is 0 Å². The number of hydrogen-bond donors (Lipinski definition) is 2. The zero-order valence-corrected chi connectivity index (χ0v) is 21.0. The second-order valence-electron chi connectivity index (χ2n) is 9.45. The molecular formula is C29H35N5O. The van der Waals surface area contributed by atoms with Gasteiger partial charge in [-0.1, -0.05) is 44.6 Å². The fourth-order valence-corrected chi connectivity index (χ4v) is 4.34. The summed E-state index contributed by atoms with van der Waals surface area (Å²) in [6, 6.07) is 10.0. The monoisotopic (exact) mass is 469 g/mol. The minimum Gasteiger partial charge on any atom is -0.362 e. The highest BCUT2D eigenvalue weighted by Crippen LogP contribution is 2.35. The molecule has 2 heterocycles. The second kappa shape index (κ2) is 11.3. The highest BCUT2D eigenvalue weighted by atomic mass is 16.1. The largest absolute Gasteiger partial charge is 0.362 e. The third-order valence-corrected chi connectivity index (χ3v) is 6.66. The van der Waals surface area contributed by atoms with Crippen molar-refractivity contribution in [3.05, 3.63) is 75.8 Å². The first kappa shape index (κ1) is 24.6. The first-order chi connectivity index (χ1) is 16.9. The molecule has 0 saturated heterocycles. The van der Waals surface area contributed by atoms with Crippen molar-refractivity contribution in [2.24, 2.45) is 0 Å². The Labute approximate surface area is 207 Å². The maximum Gasteiger partial charge on any atom is 0.230 e. The summed E-state index contributed by atoms with van der Waals surface area (Å²) in [5.41, 5.74) is 5.06. The number of benzene rings is 1. The van der Waals surface area contributed by atoms with E-state index >= 15 is 0 Å². The Bertz CT molecular complexity index is 1280. The Balaban J connectivity index is 1.40. The van der Waals surface area contributed by atoms with E-state index in [0.29, 0.717) is 17.1 Å². The van der Waals surface area contributed by atoms with Crippen molar-refractivity contribution >= 4 is 30.1 Å². The summed E-state index contributed by atoms with van der Waals surface area (Å²) in [4.78, 5) is 26.3. The number of aryl methyl sites for hydroxylation is 1. The molecule has 1 saturated carbocycles. The van der Waals surface area contributed by atoms with Crippen molar-refractivity contribution in [2.75, 3.05) is 10.6 Å². The lowest BCUT2D eigenvalue weighted by Gasteiger charge is -2.25. The van der Waals surface area contributed by atoms with E-state index < -0.39 is 0 Å². The molecule has 2 aromatic heterocycles. The summed E-state index contributed by atoms with van der Waals surface area (Å²) in [5.74, 6) is 1.26. The van der Waals surface area contributed by atoms with Gasteiger partial charge >= 0.3 is 0 Å². The van der Waals surface area contributed by atoms with Gasteiger partial charge < -0.3 is 10.6 Å². The fourth-order valence-electron chi connectivity index (χ4n) is 4.34. The van der Waals surface area contributed by atoms with E-state index in [1.54, 1.807) is 6.20 Å². The molecule has 0 spiro atoms. The summed E-state index contributed by atoms with van der Waals surface area (Å²) < 4.78 is 0. The maximum absolute atomic E-state index is 12.7. The average molecular weight is 470 g/mol. The molecule has 182 valence electrons. The lowest BCUT2D eigenvalue weighted by atomic mass is 9.81. The van der Waals surface area contributed by atoms with Crippen molar-refractivity contribution < 1.29 is 4.79 Å². The van der Waals surface area contributed by atoms with E-state index in [1.807, 2.05) is 30.5 Å². The number of anilines is 2. The van der Waals surface area contributed by atoms with Crippen LogP contribution in [-0.2, 0) is 11.2 Å². The quantitative estimate of drug-likeness (QED) is 0.471. The molecule has 1 fully saturated rings. The van der Waals surface area contributed by atoms with Gasteiger partial charge in [-0.25, -0.2) is 4.98 Å². The summed E-state index contributed by atoms with van der Waals surface area (Å²) >= 11 is 0. The van der Waals surface area contributed by atoms with Gasteiger partial charge in [0.25, 0.3) is 0 Å². The molecule has 1 atom stereocenters. The van der Waals surface area contributed by atoms with Crippen LogP contribution in [0.25, 0.3) is 12.7 Å². The lowest BCUT2D eigenvalue weighted by molar-refractivity contribution is -0.115. The first-order valence-electron chi connectivity index (χ1n) is 12.6. The molecule has 0 aliphatic heterocycles. The molecule has 6 nitrogen and oxygen atoms in total. The normalized spacial score (nSPS) is 14.9. The van der Waals surface area contributed by atoms with Gasteiger partial charge in [0.15, 0.2) is 0 Å². The van der Waals surface area contributed by atoms with Crippen molar-refractivity contribution in [1.29, 1.82) is 0 Å². The van der Waals surface area contributed by atoms with Crippen molar-refractivity contribution in [1.82, 2.24) is 15.0 Å². The summed E-state index contributed by atoms with van der Waals surface area (Å²) in [6.07, 6.45) is 11.8. The number of amides is 1. The summed E-state index contributed by atoms with van der Waals surface area (Å²) in [6.45, 7) is 10.3. The Morgan fingerprint density at radius 3 is 2.69 bits per heavy atom. The number of nitrogens with one attached hydrogen (secondary N) is 2. The van der Waals surface area contributed by atoms with Crippen LogP contribution in [0.4, 0.5) is 11.5 Å². The third kappa shape index (κ3) is 6.32. The number of carbonyl (C=O) groups is 1. The van der Waals surface area contributed by atoms with Crippen LogP contribution >= 0.6 is 0 Å². The molecule has 6 heteroatoms. The molecule has 35 heavy (non-hydrogen) atoms. The second-order valence-corrected chi connectivity index (χ2v) is 9.45. The number of rotatable bonds is 9. The molecule has 1 unspecified atom stereocenters. The number of aromatic nitrogens is 3. The van der Waals surface area contributed by atoms with E-state index in [2.05, 4.69) is 65.1 Å². The van der Waals surface area contributed by atoms with Crippen molar-refractivity contribution in [3.63, 3.8) is 0 Å². The van der Waals surface area contributed by atoms with Gasteiger partial charge in [-0.05, 0) is 73.9 Å². The number of carbonyl (C=O) groups excluding carboxylic acids is 1. The molecule has 1 amide bonds. The van der Waals surface area contributed by atoms with Gasteiger partial charge in [-0.3, -0.25) is 14.8 Å². The van der Waals surface area contributed by atoms with Crippen LogP contribution in [0, 0.1) is 6.92 Å². The Hall–Kier alpha value is -3.54. The fraction of sp³-hybridized carbons (Fsp3) is 0.379. The minimum atomic E-state index is -0.0733. The number of pyridine rings is 1. The Morgan fingerprint density at radius 2 is 2.03 bits per heavy atom. The Morgan fingerprint density at radius 1 is 1.20 bits per heavy atom. The van der Waals surface area contributed by atoms with Crippen LogP contribution in [0.1, 0.15) is 80.3 Å². The molecular weight excluding hydrogens is 434 g/mol. The molecule has 2 N–H and O–H groups in total. The topological polar surface area (TPSA) is 79.8 Å². The first-order valence-corrected chi connectivity index (χ1v) is 12.6. The standard InChI is InChI=1S/C29H35N5O/c1-5-6-10-27-21(4)33-28(18-31-27)32-20(3)26-15-25(13-11-19(26)2)34-29(35)16-24-14-12-23(17-30-24)22-8-7-9-22/h10-15,17-18,20,22H,4-9,16H2,1-3H3,(H,32,33)(H,34,35)/b27-10+. The average Bonchev–Trinajstić information content (AvgIpc) is 2.80. The zero-order chi connectivity index (χ0) is 24.8. The Kier molecular flexibility index (Phi) is 7.91. The minimum absolute atomic E-state index is 0.0215. The van der Waals surface area contributed by atoms with Gasteiger partial charge in [0, 0.05) is 17.6 Å². The third-order valence-electron chi connectivity index (χ3n) is 6.66. The number of hydrogen-bond acceptors (Lipinski definition) is 5. The van der Waals surface area contributed by atoms with Crippen LogP contribution in [0.15, 0.2) is 42.7 Å². The van der Waals surface area contributed by atoms with Gasteiger partial charge in [0.1, 0.15) is 5.82 Å². The van der Waals surface area contributed by atoms with Crippen LogP contribution < -0.4 is 21.3 Å². The zero-order valence-electron chi connectivity index (χ0n) is 21.0. The smallest absolute Gasteiger partial charge is 0.230 e. The van der Waals surface area contributed by atoms with Crippen molar-refractivity contribution in [2.45, 2.75) is 71.3 Å². The van der Waals surface area contributed by atoms with E-state index in [4.69, 9.17) is 0 Å². The van der Waals surface area contributed by atoms with Crippen LogP contribution in [0.2, 0.25) is 0 Å². The van der Waals surface area contributed by atoms with Gasteiger partial charge in [-0.15, -0.1) is 0 Å². The lowest BCUT2D eigenvalue weighted by Crippen LogP contribution is -2.31. The van der Waals surface area contributed by atoms with Gasteiger partial charge in [-0.2, -0.15) is 0 Å². The van der Waals surface area contributed by atoms with Gasteiger partial charge in [0.2, 0.25) is 5.91 Å². The molecule has 1 aliphatic carbocycles. The highest BCUT2D eigenvalue weighted by Gasteiger charge is 2.19. The van der Waals surface area contributed by atoms with Crippen LogP contribution in [0.5, 0.6) is 0 Å². The molecule has 0 radical (unpaired) electrons. The highest BCUT2D eigenvalue weighted by molar-refractivity contribution is 5.92. The van der Waals surface area contributed by atoms with Crippen LogP contribution in [0.3, 0.4) is 0 Å². The summed E-state index contributed by atoms with van der Waals surface area (Å²) in [7, 11) is 0. The van der Waals surface area contributed by atoms with E-state index in [0.717, 1.165) is 40.7 Å². The maximum atomic E-state index is 12.7. The molecule has 1 aliphatic rings. The number of unbranched alkanes of at least 4 members (excludes halogenated alkanes) is 1. The molecule has 0 bridgehead atoms. The molecule has 1 aromatic carbocycles. The number of nitrogens with zero attached hydrogens (tertiary/aromatic N) is 3. The van der Waals surface area contributed by atoms with E-state index in [9.17, 15) is 4.79 Å². The SMILES string of the molecule is C=c1nc(NC(C)c2cc(NC(=O)Cc3ccc(C4CCC4)cn3)ccc2C)cn/c1=C/CCC. The van der Waals surface area contributed by atoms with E-state index in [-0.39, 0.29) is 18.4 Å². The predicted molar refractivity (Wildman–Crippen MR) is 143 cm³/mol. The molecule has 4 rings (SSSR count). The molecule has 3 aromatic rings. The van der Waals surface area contributed by atoms with E-state index in [1.165, 1.54) is 24.8 Å². The summed E-state index contributed by atoms with van der Waals surface area (Å²) in [5, 5.41) is 7.94. The van der Waals surface area contributed by atoms with Crippen LogP contribution in [-0.4, -0.2) is 20.9 Å². The predicted octanol–water partition coefficient (Wildman–Crippen LogP) is 4.79.